The van der Waals surface area contributed by atoms with Crippen molar-refractivity contribution in [2.24, 2.45) is 0 Å². The highest BCUT2D eigenvalue weighted by Gasteiger charge is 2.28. The summed E-state index contributed by atoms with van der Waals surface area (Å²) in [5, 5.41) is 8.04. The quantitative estimate of drug-likeness (QED) is 0.675. The summed E-state index contributed by atoms with van der Waals surface area (Å²) in [6.07, 6.45) is 0.550. The molecule has 3 aromatic rings. The van der Waals surface area contributed by atoms with Crippen molar-refractivity contribution in [1.29, 1.82) is 0 Å². The number of benzene rings is 1. The maximum absolute atomic E-state index is 11.7. The molecular weight excluding hydrogens is 358 g/mol. The van der Waals surface area contributed by atoms with Gasteiger partial charge in [0.15, 0.2) is 5.82 Å². The Morgan fingerprint density at radius 3 is 3.00 bits per heavy atom. The minimum absolute atomic E-state index is 0.0318. The van der Waals surface area contributed by atoms with Crippen molar-refractivity contribution >= 4 is 28.3 Å². The third-order valence-electron chi connectivity index (χ3n) is 4.34. The normalized spacial score (nSPS) is 17.0. The first-order valence-corrected chi connectivity index (χ1v) is 8.73. The fraction of sp³-hybridized carbons (Fsp3) is 0.294. The van der Waals surface area contributed by atoms with Gasteiger partial charge in [0.1, 0.15) is 17.7 Å². The van der Waals surface area contributed by atoms with Crippen LogP contribution < -0.4 is 10.4 Å². The molecule has 0 radical (unpaired) electrons. The molecule has 1 unspecified atom stereocenters. The predicted octanol–water partition coefficient (Wildman–Crippen LogP) is 1.53. The van der Waals surface area contributed by atoms with E-state index in [2.05, 4.69) is 20.2 Å². The first kappa shape index (κ1) is 16.6. The van der Waals surface area contributed by atoms with Gasteiger partial charge in [-0.15, -0.1) is 11.6 Å². The molecule has 2 N–H and O–H groups in total. The number of aromatic nitrogens is 4. The van der Waals surface area contributed by atoms with Gasteiger partial charge >= 0.3 is 5.69 Å². The SMILES string of the molecule is O=C(CCl)N1CCC(Oc2nc(-c3n[nH]c(=O)[nH]3)cc3ccccc23)C1. The lowest BCUT2D eigenvalue weighted by Gasteiger charge is -2.17. The van der Waals surface area contributed by atoms with Crippen molar-refractivity contribution in [3.05, 3.63) is 40.8 Å². The fourth-order valence-electron chi connectivity index (χ4n) is 3.06. The Labute approximate surface area is 153 Å². The van der Waals surface area contributed by atoms with Crippen LogP contribution in [0.4, 0.5) is 0 Å². The van der Waals surface area contributed by atoms with Crippen LogP contribution in [-0.2, 0) is 4.79 Å². The van der Waals surface area contributed by atoms with Gasteiger partial charge in [-0.25, -0.2) is 14.9 Å². The van der Waals surface area contributed by atoms with Gasteiger partial charge in [0.2, 0.25) is 11.8 Å². The van der Waals surface area contributed by atoms with Gasteiger partial charge in [-0.3, -0.25) is 9.78 Å². The second-order valence-electron chi connectivity index (χ2n) is 6.06. The summed E-state index contributed by atoms with van der Waals surface area (Å²) in [6.45, 7) is 1.09. The molecule has 1 aliphatic rings. The van der Waals surface area contributed by atoms with Gasteiger partial charge in [0.05, 0.1) is 6.54 Å². The molecule has 134 valence electrons. The molecule has 1 saturated heterocycles. The van der Waals surface area contributed by atoms with Gasteiger partial charge in [-0.2, -0.15) is 5.10 Å². The number of alkyl halides is 1. The van der Waals surface area contributed by atoms with Crippen LogP contribution in [0.3, 0.4) is 0 Å². The van der Waals surface area contributed by atoms with Crippen molar-refractivity contribution in [2.45, 2.75) is 12.5 Å². The lowest BCUT2D eigenvalue weighted by Crippen LogP contribution is -2.31. The Balaban J connectivity index is 1.67. The summed E-state index contributed by atoms with van der Waals surface area (Å²) in [5.74, 6) is 0.664. The van der Waals surface area contributed by atoms with Crippen LogP contribution in [0.5, 0.6) is 5.88 Å². The molecule has 0 spiro atoms. The predicted molar refractivity (Wildman–Crippen MR) is 96.3 cm³/mol. The minimum atomic E-state index is -0.400. The van der Waals surface area contributed by atoms with Crippen LogP contribution in [0.1, 0.15) is 6.42 Å². The van der Waals surface area contributed by atoms with E-state index in [0.29, 0.717) is 36.9 Å². The average Bonchev–Trinajstić information content (AvgIpc) is 3.30. The molecule has 1 atom stereocenters. The van der Waals surface area contributed by atoms with Crippen molar-refractivity contribution in [3.8, 4) is 17.4 Å². The summed E-state index contributed by atoms with van der Waals surface area (Å²) >= 11 is 5.63. The standard InChI is InChI=1S/C17H16ClN5O3/c18-8-14(24)23-6-5-11(9-23)26-16-12-4-2-1-3-10(12)7-13(19-16)15-20-17(25)22-21-15/h1-4,7,11H,5-6,8-9H2,(H2,20,21,22,25). The van der Waals surface area contributed by atoms with Gasteiger partial charge in [-0.05, 0) is 17.5 Å². The zero-order valence-corrected chi connectivity index (χ0v) is 14.5. The van der Waals surface area contributed by atoms with Crippen LogP contribution in [0, 0.1) is 0 Å². The molecule has 1 aliphatic heterocycles. The number of rotatable bonds is 4. The summed E-state index contributed by atoms with van der Waals surface area (Å²) in [5.41, 5.74) is 0.104. The smallest absolute Gasteiger partial charge is 0.340 e. The first-order valence-electron chi connectivity index (χ1n) is 8.19. The van der Waals surface area contributed by atoms with Gasteiger partial charge in [0.25, 0.3) is 0 Å². The number of nitrogens with one attached hydrogen (secondary N) is 2. The van der Waals surface area contributed by atoms with Crippen LogP contribution in [0.15, 0.2) is 35.1 Å². The molecule has 1 amide bonds. The van der Waals surface area contributed by atoms with Gasteiger partial charge < -0.3 is 9.64 Å². The van der Waals surface area contributed by atoms with Crippen LogP contribution in [-0.4, -0.2) is 56.0 Å². The number of fused-ring (bicyclic) bond motifs is 1. The van der Waals surface area contributed by atoms with Crippen molar-refractivity contribution in [1.82, 2.24) is 25.1 Å². The van der Waals surface area contributed by atoms with E-state index in [4.69, 9.17) is 16.3 Å². The number of nitrogens with zero attached hydrogens (tertiary/aromatic N) is 3. The lowest BCUT2D eigenvalue weighted by molar-refractivity contribution is -0.127. The molecule has 1 aromatic carbocycles. The number of ether oxygens (including phenoxy) is 1. The highest BCUT2D eigenvalue weighted by Crippen LogP contribution is 2.29. The number of pyridine rings is 1. The molecule has 26 heavy (non-hydrogen) atoms. The van der Waals surface area contributed by atoms with Crippen molar-refractivity contribution in [2.75, 3.05) is 19.0 Å². The molecule has 0 bridgehead atoms. The Kier molecular flexibility index (Phi) is 4.34. The van der Waals surface area contributed by atoms with E-state index in [1.807, 2.05) is 30.3 Å². The molecule has 0 saturated carbocycles. The lowest BCUT2D eigenvalue weighted by atomic mass is 10.1. The highest BCUT2D eigenvalue weighted by atomic mass is 35.5. The molecule has 3 heterocycles. The third-order valence-corrected chi connectivity index (χ3v) is 4.57. The maximum Gasteiger partial charge on any atom is 0.340 e. The number of hydrogen-bond donors (Lipinski definition) is 2. The van der Waals surface area contributed by atoms with Crippen molar-refractivity contribution in [3.63, 3.8) is 0 Å². The molecule has 9 heteroatoms. The first-order chi connectivity index (χ1) is 12.6. The number of H-pyrrole nitrogens is 2. The van der Waals surface area contributed by atoms with E-state index in [9.17, 15) is 9.59 Å². The van der Waals surface area contributed by atoms with E-state index in [0.717, 1.165) is 10.8 Å². The highest BCUT2D eigenvalue weighted by molar-refractivity contribution is 6.27. The van der Waals surface area contributed by atoms with Crippen LogP contribution in [0.2, 0.25) is 0 Å². The second kappa shape index (κ2) is 6.80. The zero-order chi connectivity index (χ0) is 18.1. The molecule has 2 aromatic heterocycles. The van der Waals surface area contributed by atoms with E-state index in [-0.39, 0.29) is 17.9 Å². The topological polar surface area (TPSA) is 104 Å². The number of hydrogen-bond acceptors (Lipinski definition) is 5. The Bertz CT molecular complexity index is 1010. The average molecular weight is 374 g/mol. The molecular formula is C17H16ClN5O3. The minimum Gasteiger partial charge on any atom is -0.472 e. The molecule has 1 fully saturated rings. The number of carbonyl (C=O) groups excluding carboxylic acids is 1. The van der Waals surface area contributed by atoms with Crippen LogP contribution >= 0.6 is 11.6 Å². The number of halogens is 1. The summed E-state index contributed by atoms with van der Waals surface area (Å²) < 4.78 is 6.10. The van der Waals surface area contributed by atoms with E-state index in [1.165, 1.54) is 0 Å². The molecule has 8 nitrogen and oxygen atoms in total. The number of likely N-dealkylation sites (tertiary alicyclic amines) is 1. The Morgan fingerprint density at radius 1 is 1.38 bits per heavy atom. The fourth-order valence-corrected chi connectivity index (χ4v) is 3.23. The third kappa shape index (κ3) is 3.15. The number of amides is 1. The van der Waals surface area contributed by atoms with Gasteiger partial charge in [-0.1, -0.05) is 18.2 Å². The Hall–Kier alpha value is -2.87. The van der Waals surface area contributed by atoms with Crippen molar-refractivity contribution < 1.29 is 9.53 Å². The van der Waals surface area contributed by atoms with Gasteiger partial charge in [0, 0.05) is 18.4 Å². The number of carbonyl (C=O) groups is 1. The summed E-state index contributed by atoms with van der Waals surface area (Å²) in [6, 6.07) is 9.53. The Morgan fingerprint density at radius 2 is 2.23 bits per heavy atom. The van der Waals surface area contributed by atoms with E-state index >= 15 is 0 Å². The summed E-state index contributed by atoms with van der Waals surface area (Å²) in [7, 11) is 0. The number of aromatic amines is 2. The maximum atomic E-state index is 11.7. The largest absolute Gasteiger partial charge is 0.472 e. The second-order valence-corrected chi connectivity index (χ2v) is 6.33. The molecule has 0 aliphatic carbocycles. The van der Waals surface area contributed by atoms with E-state index < -0.39 is 5.69 Å². The summed E-state index contributed by atoms with van der Waals surface area (Å²) in [4.78, 5) is 31.9. The van der Waals surface area contributed by atoms with Crippen LogP contribution in [0.25, 0.3) is 22.3 Å². The molecule has 4 rings (SSSR count). The zero-order valence-electron chi connectivity index (χ0n) is 13.7. The van der Waals surface area contributed by atoms with E-state index in [1.54, 1.807) is 4.90 Å². The monoisotopic (exact) mass is 373 g/mol.